The third kappa shape index (κ3) is 3.07. The predicted octanol–water partition coefficient (Wildman–Crippen LogP) is 1.74. The minimum absolute atomic E-state index is 0.417. The summed E-state index contributed by atoms with van der Waals surface area (Å²) in [6.45, 7) is 5.57. The van der Waals surface area contributed by atoms with Gasteiger partial charge in [-0.1, -0.05) is 6.42 Å². The maximum Gasteiger partial charge on any atom is 0.250 e. The summed E-state index contributed by atoms with van der Waals surface area (Å²) in [7, 11) is 0. The summed E-state index contributed by atoms with van der Waals surface area (Å²) < 4.78 is 0. The molecule has 1 aromatic rings. The molecule has 124 valence electrons. The number of hydrogen-bond acceptors (Lipinski definition) is 4. The number of anilines is 1. The van der Waals surface area contributed by atoms with Gasteiger partial charge in [0.15, 0.2) is 0 Å². The fourth-order valence-corrected chi connectivity index (χ4v) is 4.81. The molecule has 1 amide bonds. The molecule has 2 saturated carbocycles. The van der Waals surface area contributed by atoms with Crippen LogP contribution >= 0.6 is 0 Å². The molecule has 23 heavy (non-hydrogen) atoms. The van der Waals surface area contributed by atoms with Gasteiger partial charge in [0.1, 0.15) is 5.82 Å². The highest BCUT2D eigenvalue weighted by Crippen LogP contribution is 2.48. The van der Waals surface area contributed by atoms with Crippen molar-refractivity contribution in [3.63, 3.8) is 0 Å². The van der Waals surface area contributed by atoms with Crippen molar-refractivity contribution in [2.45, 2.75) is 25.7 Å². The molecule has 4 rings (SSSR count). The maximum absolute atomic E-state index is 11.1. The number of piperazine rings is 1. The molecule has 2 aliphatic carbocycles. The van der Waals surface area contributed by atoms with Gasteiger partial charge in [0.25, 0.3) is 0 Å². The molecule has 2 heterocycles. The number of carbonyl (C=O) groups excluding carboxylic acids is 1. The molecule has 0 aromatic carbocycles. The zero-order valence-electron chi connectivity index (χ0n) is 13.7. The quantitative estimate of drug-likeness (QED) is 0.919. The Kier molecular flexibility index (Phi) is 3.97. The van der Waals surface area contributed by atoms with Crippen molar-refractivity contribution in [3.8, 4) is 0 Å². The van der Waals surface area contributed by atoms with Gasteiger partial charge in [-0.15, -0.1) is 0 Å². The average Bonchev–Trinajstić information content (AvgIpc) is 3.18. The van der Waals surface area contributed by atoms with Crippen LogP contribution in [0.25, 0.3) is 0 Å². The van der Waals surface area contributed by atoms with Crippen LogP contribution in [0.2, 0.25) is 0 Å². The van der Waals surface area contributed by atoms with Gasteiger partial charge in [-0.2, -0.15) is 0 Å². The summed E-state index contributed by atoms with van der Waals surface area (Å²) in [5, 5.41) is 0. The number of pyridine rings is 1. The Balaban J connectivity index is 1.29. The predicted molar refractivity (Wildman–Crippen MR) is 90.3 cm³/mol. The zero-order chi connectivity index (χ0) is 15.8. The molecule has 0 spiro atoms. The van der Waals surface area contributed by atoms with Crippen LogP contribution in [0.4, 0.5) is 5.82 Å². The van der Waals surface area contributed by atoms with E-state index in [1.54, 1.807) is 12.3 Å². The third-order valence-electron chi connectivity index (χ3n) is 6.11. The number of primary amides is 1. The zero-order valence-corrected chi connectivity index (χ0v) is 13.7. The summed E-state index contributed by atoms with van der Waals surface area (Å²) >= 11 is 0. The second-order valence-corrected chi connectivity index (χ2v) is 7.49. The summed E-state index contributed by atoms with van der Waals surface area (Å²) in [6, 6.07) is 3.68. The lowest BCUT2D eigenvalue weighted by molar-refractivity contribution is 0.1000. The number of amides is 1. The van der Waals surface area contributed by atoms with Gasteiger partial charge in [-0.25, -0.2) is 4.98 Å². The topological polar surface area (TPSA) is 62.5 Å². The normalized spacial score (nSPS) is 30.8. The molecule has 0 radical (unpaired) electrons. The van der Waals surface area contributed by atoms with Crippen LogP contribution in [-0.2, 0) is 0 Å². The van der Waals surface area contributed by atoms with Crippen molar-refractivity contribution < 1.29 is 4.79 Å². The summed E-state index contributed by atoms with van der Waals surface area (Å²) in [4.78, 5) is 20.4. The van der Waals surface area contributed by atoms with Crippen LogP contribution in [0, 0.1) is 17.8 Å². The Hall–Kier alpha value is -1.62. The lowest BCUT2D eigenvalue weighted by Gasteiger charge is -2.37. The third-order valence-corrected chi connectivity index (χ3v) is 6.11. The Bertz CT molecular complexity index is 565. The van der Waals surface area contributed by atoms with Gasteiger partial charge >= 0.3 is 0 Å². The SMILES string of the molecule is NC(=O)c1ccc(N2CCN(CC3CC4CCC3C4)CC2)nc1. The van der Waals surface area contributed by atoms with Crippen molar-refractivity contribution in [1.82, 2.24) is 9.88 Å². The van der Waals surface area contributed by atoms with E-state index in [0.717, 1.165) is 49.8 Å². The van der Waals surface area contributed by atoms with E-state index in [9.17, 15) is 4.79 Å². The lowest BCUT2D eigenvalue weighted by Crippen LogP contribution is -2.48. The van der Waals surface area contributed by atoms with E-state index >= 15 is 0 Å². The van der Waals surface area contributed by atoms with E-state index in [-0.39, 0.29) is 0 Å². The molecule has 5 nitrogen and oxygen atoms in total. The van der Waals surface area contributed by atoms with E-state index in [2.05, 4.69) is 14.8 Å². The second-order valence-electron chi connectivity index (χ2n) is 7.49. The van der Waals surface area contributed by atoms with Crippen molar-refractivity contribution in [3.05, 3.63) is 23.9 Å². The molecule has 3 fully saturated rings. The fourth-order valence-electron chi connectivity index (χ4n) is 4.81. The highest BCUT2D eigenvalue weighted by atomic mass is 16.1. The summed E-state index contributed by atoms with van der Waals surface area (Å²) in [6.07, 6.45) is 7.52. The number of rotatable bonds is 4. The number of carbonyl (C=O) groups is 1. The van der Waals surface area contributed by atoms with E-state index in [0.29, 0.717) is 5.56 Å². The largest absolute Gasteiger partial charge is 0.366 e. The highest BCUT2D eigenvalue weighted by molar-refractivity contribution is 5.92. The van der Waals surface area contributed by atoms with Crippen LogP contribution < -0.4 is 10.6 Å². The second kappa shape index (κ2) is 6.11. The lowest BCUT2D eigenvalue weighted by atomic mass is 9.88. The molecular weight excluding hydrogens is 288 g/mol. The minimum Gasteiger partial charge on any atom is -0.366 e. The molecule has 2 bridgehead atoms. The minimum atomic E-state index is -0.417. The average molecular weight is 314 g/mol. The number of aromatic nitrogens is 1. The molecule has 3 unspecified atom stereocenters. The summed E-state index contributed by atoms with van der Waals surface area (Å²) in [5.74, 6) is 3.54. The van der Waals surface area contributed by atoms with Crippen molar-refractivity contribution in [1.29, 1.82) is 0 Å². The maximum atomic E-state index is 11.1. The van der Waals surface area contributed by atoms with Crippen LogP contribution in [0.3, 0.4) is 0 Å². The number of fused-ring (bicyclic) bond motifs is 2. The fraction of sp³-hybridized carbons (Fsp3) is 0.667. The molecule has 3 atom stereocenters. The van der Waals surface area contributed by atoms with Crippen LogP contribution in [0.15, 0.2) is 18.3 Å². The summed E-state index contributed by atoms with van der Waals surface area (Å²) in [5.41, 5.74) is 5.74. The molecule has 5 heteroatoms. The molecule has 2 N–H and O–H groups in total. The number of nitrogens with two attached hydrogens (primary N) is 1. The standard InChI is InChI=1S/C18H26N4O/c19-18(23)15-3-4-17(20-11-15)22-7-5-21(6-8-22)12-16-10-13-1-2-14(16)9-13/h3-4,11,13-14,16H,1-2,5-10,12H2,(H2,19,23). The van der Waals surface area contributed by atoms with Crippen LogP contribution in [-0.4, -0.2) is 48.5 Å². The van der Waals surface area contributed by atoms with Gasteiger partial charge < -0.3 is 10.6 Å². The number of hydrogen-bond donors (Lipinski definition) is 1. The van der Waals surface area contributed by atoms with Crippen LogP contribution in [0.1, 0.15) is 36.0 Å². The molecule has 1 aliphatic heterocycles. The van der Waals surface area contributed by atoms with E-state index in [1.807, 2.05) is 6.07 Å². The Morgan fingerprint density at radius 2 is 2.00 bits per heavy atom. The number of nitrogens with zero attached hydrogens (tertiary/aromatic N) is 3. The Morgan fingerprint density at radius 3 is 2.57 bits per heavy atom. The molecule has 1 aromatic heterocycles. The molecular formula is C18H26N4O. The highest BCUT2D eigenvalue weighted by Gasteiger charge is 2.40. The first kappa shape index (κ1) is 14.9. The van der Waals surface area contributed by atoms with Crippen molar-refractivity contribution in [2.24, 2.45) is 23.5 Å². The first-order chi connectivity index (χ1) is 11.2. The van der Waals surface area contributed by atoms with Gasteiger partial charge in [0, 0.05) is 38.9 Å². The van der Waals surface area contributed by atoms with Crippen LogP contribution in [0.5, 0.6) is 0 Å². The smallest absolute Gasteiger partial charge is 0.250 e. The van der Waals surface area contributed by atoms with E-state index in [1.165, 1.54) is 32.2 Å². The van der Waals surface area contributed by atoms with Crippen molar-refractivity contribution in [2.75, 3.05) is 37.6 Å². The molecule has 1 saturated heterocycles. The van der Waals surface area contributed by atoms with Gasteiger partial charge in [0.05, 0.1) is 5.56 Å². The van der Waals surface area contributed by atoms with Gasteiger partial charge in [0.2, 0.25) is 5.91 Å². The first-order valence-corrected chi connectivity index (χ1v) is 8.92. The first-order valence-electron chi connectivity index (χ1n) is 8.92. The van der Waals surface area contributed by atoms with Gasteiger partial charge in [-0.3, -0.25) is 9.69 Å². The van der Waals surface area contributed by atoms with Crippen molar-refractivity contribution >= 4 is 11.7 Å². The monoisotopic (exact) mass is 314 g/mol. The Morgan fingerprint density at radius 1 is 1.17 bits per heavy atom. The van der Waals surface area contributed by atoms with Gasteiger partial charge in [-0.05, 0) is 49.1 Å². The molecule has 3 aliphatic rings. The Labute approximate surface area is 137 Å². The van der Waals surface area contributed by atoms with E-state index in [4.69, 9.17) is 5.73 Å². The van der Waals surface area contributed by atoms with E-state index < -0.39 is 5.91 Å².